The Bertz CT molecular complexity index is 1970. The van der Waals surface area contributed by atoms with E-state index in [2.05, 4.69) is 18.2 Å². The van der Waals surface area contributed by atoms with Crippen LogP contribution >= 0.6 is 11.3 Å². The third kappa shape index (κ3) is 7.53. The van der Waals surface area contributed by atoms with Gasteiger partial charge in [0.25, 0.3) is 0 Å². The maximum absolute atomic E-state index is 16.3. The van der Waals surface area contributed by atoms with Crippen LogP contribution in [0.25, 0.3) is 10.1 Å². The van der Waals surface area contributed by atoms with Crippen LogP contribution in [0.2, 0.25) is 0 Å². The van der Waals surface area contributed by atoms with E-state index in [9.17, 15) is 5.11 Å². The summed E-state index contributed by atoms with van der Waals surface area (Å²) >= 11 is 1.75. The first kappa shape index (κ1) is 34.1. The molecule has 0 amide bonds. The molecule has 0 saturated carbocycles. The second-order valence-corrected chi connectivity index (χ2v) is 14.1. The van der Waals surface area contributed by atoms with Crippen LogP contribution in [0.5, 0.6) is 5.75 Å². The van der Waals surface area contributed by atoms with E-state index >= 15 is 4.39 Å². The fourth-order valence-corrected chi connectivity index (χ4v) is 7.65. The number of rotatable bonds is 12. The SMILES string of the molecule is Cc1cc(OCc2ccccc2)c(C2(O)O[C@H](C)[C@@H](F)[C@H](OCc3ccccc3)[C@H]2OCc2ccccc2)cc1Cc1cc2ccccc2s1. The van der Waals surface area contributed by atoms with Gasteiger partial charge >= 0.3 is 0 Å². The normalized spacial score (nSPS) is 22.1. The van der Waals surface area contributed by atoms with Gasteiger partial charge in [-0.05, 0) is 71.3 Å². The number of ether oxygens (including phenoxy) is 4. The van der Waals surface area contributed by atoms with Gasteiger partial charge in [-0.1, -0.05) is 109 Å². The summed E-state index contributed by atoms with van der Waals surface area (Å²) in [6, 6.07) is 43.5. The predicted octanol–water partition coefficient (Wildman–Crippen LogP) is 9.45. The van der Waals surface area contributed by atoms with Crippen LogP contribution in [0.15, 0.2) is 133 Å². The molecule has 1 aliphatic heterocycles. The van der Waals surface area contributed by atoms with Crippen molar-refractivity contribution in [2.45, 2.75) is 70.4 Å². The molecular weight excluding hydrogens is 648 g/mol. The number of benzene rings is 5. The average molecular weight is 689 g/mol. The molecular formula is C43H41FO5S. The van der Waals surface area contributed by atoms with E-state index in [1.165, 1.54) is 15.0 Å². The van der Waals surface area contributed by atoms with Crippen molar-refractivity contribution in [3.05, 3.63) is 172 Å². The van der Waals surface area contributed by atoms with Gasteiger partial charge in [0.1, 0.15) is 24.6 Å². The molecule has 1 unspecified atom stereocenters. The van der Waals surface area contributed by atoms with Crippen LogP contribution < -0.4 is 4.74 Å². The van der Waals surface area contributed by atoms with E-state index in [1.54, 1.807) is 18.3 Å². The monoisotopic (exact) mass is 688 g/mol. The molecule has 5 atom stereocenters. The molecule has 256 valence electrons. The minimum absolute atomic E-state index is 0.115. The Morgan fingerprint density at radius 3 is 1.96 bits per heavy atom. The summed E-state index contributed by atoms with van der Waals surface area (Å²) in [6.45, 7) is 4.19. The van der Waals surface area contributed by atoms with Gasteiger partial charge in [-0.15, -0.1) is 11.3 Å². The average Bonchev–Trinajstić information content (AvgIpc) is 3.56. The van der Waals surface area contributed by atoms with Gasteiger partial charge in [0, 0.05) is 16.0 Å². The second kappa shape index (κ2) is 15.3. The first-order valence-corrected chi connectivity index (χ1v) is 17.8. The highest BCUT2D eigenvalue weighted by atomic mass is 32.1. The van der Waals surface area contributed by atoms with E-state index in [-0.39, 0.29) is 19.8 Å². The van der Waals surface area contributed by atoms with Gasteiger partial charge in [0.2, 0.25) is 5.79 Å². The predicted molar refractivity (Wildman–Crippen MR) is 196 cm³/mol. The van der Waals surface area contributed by atoms with Gasteiger partial charge in [0.15, 0.2) is 6.17 Å². The Morgan fingerprint density at radius 2 is 1.32 bits per heavy atom. The van der Waals surface area contributed by atoms with Crippen molar-refractivity contribution in [3.63, 3.8) is 0 Å². The molecule has 1 aliphatic rings. The van der Waals surface area contributed by atoms with Crippen molar-refractivity contribution in [2.75, 3.05) is 0 Å². The Hall–Kier alpha value is -4.37. The van der Waals surface area contributed by atoms with Crippen LogP contribution in [0.4, 0.5) is 4.39 Å². The molecule has 1 N–H and O–H groups in total. The number of hydrogen-bond donors (Lipinski definition) is 1. The largest absolute Gasteiger partial charge is 0.488 e. The zero-order valence-corrected chi connectivity index (χ0v) is 29.0. The smallest absolute Gasteiger partial charge is 0.226 e. The van der Waals surface area contributed by atoms with Crippen molar-refractivity contribution in [2.24, 2.45) is 0 Å². The lowest BCUT2D eigenvalue weighted by Gasteiger charge is -2.48. The number of fused-ring (bicyclic) bond motifs is 1. The third-order valence-electron chi connectivity index (χ3n) is 9.27. The van der Waals surface area contributed by atoms with Crippen LogP contribution in [0.1, 0.15) is 45.2 Å². The van der Waals surface area contributed by atoms with Crippen LogP contribution in [0.3, 0.4) is 0 Å². The lowest BCUT2D eigenvalue weighted by atomic mass is 9.86. The Balaban J connectivity index is 1.31. The Labute approximate surface area is 296 Å². The van der Waals surface area contributed by atoms with Gasteiger partial charge < -0.3 is 24.1 Å². The van der Waals surface area contributed by atoms with Gasteiger partial charge in [-0.25, -0.2) is 4.39 Å². The van der Waals surface area contributed by atoms with Crippen molar-refractivity contribution < 1.29 is 28.4 Å². The van der Waals surface area contributed by atoms with E-state index in [4.69, 9.17) is 18.9 Å². The fraction of sp³-hybridized carbons (Fsp3) is 0.256. The van der Waals surface area contributed by atoms with E-state index < -0.39 is 30.3 Å². The molecule has 5 aromatic carbocycles. The highest BCUT2D eigenvalue weighted by Gasteiger charge is 2.57. The topological polar surface area (TPSA) is 57.2 Å². The molecule has 7 heteroatoms. The molecule has 1 saturated heterocycles. The number of aryl methyl sites for hydroxylation is 1. The molecule has 1 aromatic heterocycles. The molecule has 6 aromatic rings. The molecule has 7 rings (SSSR count). The first-order chi connectivity index (χ1) is 24.4. The standard InChI is InChI=1S/C43H41FO5S/c1-29-22-38(46-26-31-14-6-3-7-15-31)37(25-35(29)24-36-23-34-20-12-13-21-39(34)50-36)43(45)42(48-28-33-18-10-5-11-19-33)41(40(44)30(2)49-43)47-27-32-16-8-4-9-17-32/h3-23,25,30,40-42,45H,24,26-28H2,1-2H3/t30-,40-,41+,42-,43?/m1/s1. The molecule has 0 radical (unpaired) electrons. The lowest BCUT2D eigenvalue weighted by molar-refractivity contribution is -0.360. The molecule has 50 heavy (non-hydrogen) atoms. The number of hydrogen-bond acceptors (Lipinski definition) is 6. The van der Waals surface area contributed by atoms with E-state index in [0.717, 1.165) is 27.8 Å². The van der Waals surface area contributed by atoms with Crippen LogP contribution in [-0.4, -0.2) is 29.6 Å². The summed E-state index contributed by atoms with van der Waals surface area (Å²) in [5, 5.41) is 14.1. The number of aliphatic hydroxyl groups is 1. The van der Waals surface area contributed by atoms with Crippen LogP contribution in [-0.2, 0) is 46.2 Å². The summed E-state index contributed by atoms with van der Waals surface area (Å²) in [7, 11) is 0. The molecule has 0 aliphatic carbocycles. The van der Waals surface area contributed by atoms with Gasteiger partial charge in [-0.3, -0.25) is 0 Å². The van der Waals surface area contributed by atoms with Crippen molar-refractivity contribution in [3.8, 4) is 5.75 Å². The van der Waals surface area contributed by atoms with Crippen molar-refractivity contribution in [1.82, 2.24) is 0 Å². The Morgan fingerprint density at radius 1 is 0.740 bits per heavy atom. The van der Waals surface area contributed by atoms with E-state index in [0.29, 0.717) is 17.7 Å². The molecule has 0 spiro atoms. The summed E-state index contributed by atoms with van der Waals surface area (Å²) in [6.07, 6.45) is -4.33. The van der Waals surface area contributed by atoms with Gasteiger partial charge in [0.05, 0.1) is 24.9 Å². The van der Waals surface area contributed by atoms with Crippen molar-refractivity contribution >= 4 is 21.4 Å². The number of halogens is 1. The van der Waals surface area contributed by atoms with Crippen molar-refractivity contribution in [1.29, 1.82) is 0 Å². The quantitative estimate of drug-likeness (QED) is 0.139. The maximum atomic E-state index is 16.3. The minimum atomic E-state index is -2.12. The zero-order valence-electron chi connectivity index (χ0n) is 28.2. The van der Waals surface area contributed by atoms with E-state index in [1.807, 2.05) is 122 Å². The third-order valence-corrected chi connectivity index (χ3v) is 10.4. The Kier molecular flexibility index (Phi) is 10.4. The minimum Gasteiger partial charge on any atom is -0.488 e. The summed E-state index contributed by atoms with van der Waals surface area (Å²) in [5.41, 5.74) is 5.11. The highest BCUT2D eigenvalue weighted by molar-refractivity contribution is 7.19. The first-order valence-electron chi connectivity index (χ1n) is 17.0. The summed E-state index contributed by atoms with van der Waals surface area (Å²) in [5.74, 6) is -1.68. The second-order valence-electron chi connectivity index (χ2n) is 12.9. The molecule has 5 nitrogen and oxygen atoms in total. The summed E-state index contributed by atoms with van der Waals surface area (Å²) in [4.78, 5) is 1.19. The lowest BCUT2D eigenvalue weighted by Crippen LogP contribution is -2.62. The number of thiophene rings is 1. The number of alkyl halides is 1. The maximum Gasteiger partial charge on any atom is 0.226 e. The zero-order chi connectivity index (χ0) is 34.5. The summed E-state index contributed by atoms with van der Waals surface area (Å²) < 4.78 is 43.2. The fourth-order valence-electron chi connectivity index (χ4n) is 6.57. The highest BCUT2D eigenvalue weighted by Crippen LogP contribution is 2.45. The molecule has 1 fully saturated rings. The van der Waals surface area contributed by atoms with Crippen LogP contribution in [0, 0.1) is 6.92 Å². The molecule has 0 bridgehead atoms. The molecule has 2 heterocycles. The van der Waals surface area contributed by atoms with Gasteiger partial charge in [-0.2, -0.15) is 0 Å².